The van der Waals surface area contributed by atoms with Crippen molar-refractivity contribution in [1.82, 2.24) is 0 Å². The van der Waals surface area contributed by atoms with Gasteiger partial charge in [-0.1, -0.05) is 147 Å². The van der Waals surface area contributed by atoms with Crippen LogP contribution >= 0.6 is 0 Å². The van der Waals surface area contributed by atoms with E-state index in [-0.39, 0.29) is 5.41 Å². The highest BCUT2D eigenvalue weighted by Gasteiger charge is 2.44. The summed E-state index contributed by atoms with van der Waals surface area (Å²) in [4.78, 5) is 0. The molecular formula is C50H34. The van der Waals surface area contributed by atoms with Crippen LogP contribution in [0.3, 0.4) is 0 Å². The molecule has 10 aromatic carbocycles. The molecule has 0 bridgehead atoms. The zero-order chi connectivity index (χ0) is 32.6. The fraction of sp³-hybridized carbons (Fsp3) is 0.120. The highest BCUT2D eigenvalue weighted by molar-refractivity contribution is 6.27. The molecule has 0 aromatic heterocycles. The van der Waals surface area contributed by atoms with Gasteiger partial charge in [0.1, 0.15) is 0 Å². The highest BCUT2D eigenvalue weighted by atomic mass is 14.5. The van der Waals surface area contributed by atoms with Crippen LogP contribution in [0.1, 0.15) is 43.2 Å². The molecule has 0 heterocycles. The summed E-state index contributed by atoms with van der Waals surface area (Å²) in [6.45, 7) is 0. The van der Waals surface area contributed by atoms with Gasteiger partial charge in [0.05, 0.1) is 0 Å². The maximum atomic E-state index is 2.59. The average molecular weight is 635 g/mol. The highest BCUT2D eigenvalue weighted by Crippen LogP contribution is 2.57. The van der Waals surface area contributed by atoms with E-state index < -0.39 is 0 Å². The minimum absolute atomic E-state index is 0.0535. The normalized spacial score (nSPS) is 15.4. The SMILES string of the molecule is c1cc2ccc3ccc(-c4ccc5c(c4)C4(CCCCC4)c4cc(-c6cc7cccc8ccc9cccc6c9c87)ccc4-5)c4ccc(c1)c2c34. The van der Waals surface area contributed by atoms with Crippen LogP contribution < -0.4 is 0 Å². The van der Waals surface area contributed by atoms with E-state index in [0.29, 0.717) is 0 Å². The third-order valence-electron chi connectivity index (χ3n) is 12.7. The molecule has 2 aliphatic rings. The van der Waals surface area contributed by atoms with Gasteiger partial charge in [-0.05, 0) is 140 Å². The summed E-state index contributed by atoms with van der Waals surface area (Å²) in [6.07, 6.45) is 6.33. The summed E-state index contributed by atoms with van der Waals surface area (Å²) >= 11 is 0. The summed E-state index contributed by atoms with van der Waals surface area (Å²) in [6, 6.07) is 56.1. The molecule has 0 aliphatic heterocycles. The molecule has 234 valence electrons. The van der Waals surface area contributed by atoms with E-state index in [1.54, 1.807) is 11.1 Å². The predicted octanol–water partition coefficient (Wildman–Crippen LogP) is 14.0. The summed E-state index contributed by atoms with van der Waals surface area (Å²) in [5.41, 5.74) is 11.4. The first-order valence-corrected chi connectivity index (χ1v) is 18.4. The molecule has 0 atom stereocenters. The number of hydrogen-bond acceptors (Lipinski definition) is 0. The largest absolute Gasteiger partial charge is 0.0610 e. The van der Waals surface area contributed by atoms with Gasteiger partial charge in [-0.15, -0.1) is 0 Å². The Labute approximate surface area is 291 Å². The molecule has 0 saturated heterocycles. The molecule has 1 spiro atoms. The molecule has 0 N–H and O–H groups in total. The first kappa shape index (κ1) is 27.1. The Morgan fingerprint density at radius 1 is 0.320 bits per heavy atom. The van der Waals surface area contributed by atoms with E-state index in [0.717, 1.165) is 0 Å². The third kappa shape index (κ3) is 3.46. The number of benzene rings is 10. The summed E-state index contributed by atoms with van der Waals surface area (Å²) in [7, 11) is 0. The van der Waals surface area contributed by atoms with Crippen LogP contribution in [0.25, 0.3) is 98.0 Å². The molecule has 0 radical (unpaired) electrons. The molecule has 0 heteroatoms. The van der Waals surface area contributed by atoms with Gasteiger partial charge in [-0.2, -0.15) is 0 Å². The number of rotatable bonds is 2. The molecule has 1 saturated carbocycles. The van der Waals surface area contributed by atoms with Crippen LogP contribution in [0, 0.1) is 0 Å². The Morgan fingerprint density at radius 3 is 1.44 bits per heavy atom. The topological polar surface area (TPSA) is 0 Å². The Balaban J connectivity index is 1.07. The lowest BCUT2D eigenvalue weighted by Gasteiger charge is -2.36. The lowest BCUT2D eigenvalue weighted by Crippen LogP contribution is -2.28. The molecular weight excluding hydrogens is 601 g/mol. The monoisotopic (exact) mass is 634 g/mol. The van der Waals surface area contributed by atoms with Crippen LogP contribution in [0.2, 0.25) is 0 Å². The van der Waals surface area contributed by atoms with Gasteiger partial charge >= 0.3 is 0 Å². The van der Waals surface area contributed by atoms with Crippen molar-refractivity contribution >= 4 is 64.6 Å². The molecule has 2 aliphatic carbocycles. The Kier molecular flexibility index (Phi) is 5.27. The minimum Gasteiger partial charge on any atom is -0.0610 e. The Hall–Kier alpha value is -5.72. The first-order valence-electron chi connectivity index (χ1n) is 18.4. The fourth-order valence-corrected chi connectivity index (χ4v) is 10.5. The summed E-state index contributed by atoms with van der Waals surface area (Å²) in [5, 5.41) is 16.2. The van der Waals surface area contributed by atoms with Crippen LogP contribution in [0.5, 0.6) is 0 Å². The molecule has 1 fully saturated rings. The lowest BCUT2D eigenvalue weighted by atomic mass is 9.67. The van der Waals surface area contributed by atoms with Gasteiger partial charge in [0.15, 0.2) is 0 Å². The van der Waals surface area contributed by atoms with Crippen molar-refractivity contribution in [2.45, 2.75) is 37.5 Å². The van der Waals surface area contributed by atoms with E-state index in [4.69, 9.17) is 0 Å². The summed E-state index contributed by atoms with van der Waals surface area (Å²) in [5.74, 6) is 0. The van der Waals surface area contributed by atoms with E-state index in [2.05, 4.69) is 146 Å². The van der Waals surface area contributed by atoms with E-state index in [1.165, 1.54) is 130 Å². The van der Waals surface area contributed by atoms with Crippen LogP contribution in [0.15, 0.2) is 146 Å². The van der Waals surface area contributed by atoms with E-state index in [1.807, 2.05) is 0 Å². The van der Waals surface area contributed by atoms with Crippen molar-refractivity contribution in [2.24, 2.45) is 0 Å². The molecule has 50 heavy (non-hydrogen) atoms. The molecule has 12 rings (SSSR count). The minimum atomic E-state index is 0.0535. The Morgan fingerprint density at radius 2 is 0.780 bits per heavy atom. The standard InChI is InChI=1S/C50H34/c1-2-25-50(26-3-1)44-28-35(38-21-17-34-16-14-30-7-4-8-32-18-24-42(38)49(34)46(30)32)19-22-39(44)40-23-20-36(29-45(40)50)43-27-37-11-5-9-31-13-15-33-10-6-12-41(43)48(33)47(31)37/h4-24,27-29H,1-3,25-26H2. The number of hydrogen-bond donors (Lipinski definition) is 0. The fourth-order valence-electron chi connectivity index (χ4n) is 10.5. The van der Waals surface area contributed by atoms with E-state index >= 15 is 0 Å². The molecule has 0 unspecified atom stereocenters. The zero-order valence-corrected chi connectivity index (χ0v) is 27.9. The molecule has 0 amide bonds. The van der Waals surface area contributed by atoms with Crippen molar-refractivity contribution in [3.8, 4) is 33.4 Å². The van der Waals surface area contributed by atoms with Gasteiger partial charge in [0.25, 0.3) is 0 Å². The van der Waals surface area contributed by atoms with Gasteiger partial charge in [-0.3, -0.25) is 0 Å². The maximum absolute atomic E-state index is 2.59. The first-order chi connectivity index (χ1) is 24.7. The smallest absolute Gasteiger partial charge is 0.0215 e. The van der Waals surface area contributed by atoms with Crippen molar-refractivity contribution < 1.29 is 0 Å². The van der Waals surface area contributed by atoms with Crippen LogP contribution in [0.4, 0.5) is 0 Å². The average Bonchev–Trinajstić information content (AvgIpc) is 3.43. The number of fused-ring (bicyclic) bond motifs is 5. The quantitative estimate of drug-likeness (QED) is 0.166. The second-order valence-electron chi connectivity index (χ2n) is 15.1. The van der Waals surface area contributed by atoms with Crippen molar-refractivity contribution in [3.63, 3.8) is 0 Å². The zero-order valence-electron chi connectivity index (χ0n) is 27.9. The Bertz CT molecular complexity index is 2990. The van der Waals surface area contributed by atoms with Crippen molar-refractivity contribution in [3.05, 3.63) is 157 Å². The predicted molar refractivity (Wildman–Crippen MR) is 214 cm³/mol. The van der Waals surface area contributed by atoms with Crippen molar-refractivity contribution in [1.29, 1.82) is 0 Å². The van der Waals surface area contributed by atoms with Crippen LogP contribution in [-0.2, 0) is 5.41 Å². The van der Waals surface area contributed by atoms with Gasteiger partial charge in [0, 0.05) is 5.41 Å². The second kappa shape index (κ2) is 9.71. The third-order valence-corrected chi connectivity index (χ3v) is 12.7. The lowest BCUT2D eigenvalue weighted by molar-refractivity contribution is 0.353. The van der Waals surface area contributed by atoms with Crippen molar-refractivity contribution in [2.75, 3.05) is 0 Å². The maximum Gasteiger partial charge on any atom is 0.0215 e. The second-order valence-corrected chi connectivity index (χ2v) is 15.1. The molecule has 0 nitrogen and oxygen atoms in total. The van der Waals surface area contributed by atoms with Crippen LogP contribution in [-0.4, -0.2) is 0 Å². The van der Waals surface area contributed by atoms with Gasteiger partial charge in [0.2, 0.25) is 0 Å². The van der Waals surface area contributed by atoms with Gasteiger partial charge in [-0.25, -0.2) is 0 Å². The van der Waals surface area contributed by atoms with E-state index in [9.17, 15) is 0 Å². The van der Waals surface area contributed by atoms with Gasteiger partial charge < -0.3 is 0 Å². The summed E-state index contributed by atoms with van der Waals surface area (Å²) < 4.78 is 0. The molecule has 10 aromatic rings.